The largest absolute Gasteiger partial charge is 0.679 e. The lowest BCUT2D eigenvalue weighted by molar-refractivity contribution is 0.415. The van der Waals surface area contributed by atoms with Gasteiger partial charge in [0.1, 0.15) is 17.3 Å². The molecule has 0 saturated carbocycles. The first kappa shape index (κ1) is 24.0. The third-order valence-corrected chi connectivity index (χ3v) is 5.32. The molecule has 4 rings (SSSR count). The van der Waals surface area contributed by atoms with E-state index in [0.717, 1.165) is 22.0 Å². The highest BCUT2D eigenvalue weighted by atomic mass is 19.2. The van der Waals surface area contributed by atoms with Crippen molar-refractivity contribution in [3.05, 3.63) is 107 Å². The molecule has 0 amide bonds. The van der Waals surface area contributed by atoms with Crippen LogP contribution in [0.3, 0.4) is 0 Å². The Morgan fingerprint density at radius 2 is 1.60 bits per heavy atom. The van der Waals surface area contributed by atoms with Crippen molar-refractivity contribution >= 4 is 13.1 Å². The zero-order valence-corrected chi connectivity index (χ0v) is 19.6. The van der Waals surface area contributed by atoms with Crippen LogP contribution >= 0.6 is 0 Å². The van der Waals surface area contributed by atoms with Crippen molar-refractivity contribution in [2.75, 3.05) is 13.7 Å². The summed E-state index contributed by atoms with van der Waals surface area (Å²) in [5, 5.41) is 0. The van der Waals surface area contributed by atoms with Gasteiger partial charge in [-0.3, -0.25) is 13.6 Å². The standard InChI is InChI=1S/C28H24BF2N3O/c1-3-20-32-26(22-10-6-4-7-11-22)27-25(19-16-21-14-17-24(35-2)18-15-21)33-28(34(27)29(30)31)23-12-8-5-9-13-23/h4-15,17-18H,3,20H2,1-2H3. The maximum absolute atomic E-state index is 14.6. The van der Waals surface area contributed by atoms with Crippen molar-refractivity contribution in [2.24, 2.45) is 4.99 Å². The molecule has 0 N–H and O–H groups in total. The summed E-state index contributed by atoms with van der Waals surface area (Å²) >= 11 is 0. The van der Waals surface area contributed by atoms with Crippen LogP contribution in [-0.2, 0) is 0 Å². The van der Waals surface area contributed by atoms with Crippen LogP contribution in [0.4, 0.5) is 8.63 Å². The van der Waals surface area contributed by atoms with Crippen molar-refractivity contribution in [2.45, 2.75) is 13.3 Å². The van der Waals surface area contributed by atoms with E-state index in [1.165, 1.54) is 0 Å². The molecule has 4 nitrogen and oxygen atoms in total. The number of aliphatic imine (C=N–C) groups is 1. The molecular weight excluding hydrogens is 443 g/mol. The van der Waals surface area contributed by atoms with Crippen LogP contribution in [0.25, 0.3) is 11.4 Å². The van der Waals surface area contributed by atoms with Crippen LogP contribution in [-0.4, -0.2) is 36.2 Å². The van der Waals surface area contributed by atoms with E-state index in [4.69, 9.17) is 9.73 Å². The molecule has 0 fully saturated rings. The lowest BCUT2D eigenvalue weighted by atomic mass is 10.0. The molecular formula is C28H24BF2N3O. The number of hydrogen-bond donors (Lipinski definition) is 0. The summed E-state index contributed by atoms with van der Waals surface area (Å²) in [5.41, 5.74) is 2.93. The lowest BCUT2D eigenvalue weighted by Gasteiger charge is -2.12. The van der Waals surface area contributed by atoms with Gasteiger partial charge in [0.25, 0.3) is 0 Å². The van der Waals surface area contributed by atoms with Crippen molar-refractivity contribution in [3.8, 4) is 29.0 Å². The van der Waals surface area contributed by atoms with Crippen LogP contribution in [0.1, 0.15) is 35.9 Å². The SMILES string of the molecule is CCCN=C(c1ccccc1)c1c(C#Cc2ccc(OC)cc2)nc(-c2ccccc2)n1B(F)F. The maximum Gasteiger partial charge on any atom is 0.679 e. The van der Waals surface area contributed by atoms with Gasteiger partial charge >= 0.3 is 7.40 Å². The molecule has 1 heterocycles. The van der Waals surface area contributed by atoms with Crippen LogP contribution < -0.4 is 4.74 Å². The number of methoxy groups -OCH3 is 1. The second-order valence-corrected chi connectivity index (χ2v) is 7.72. The number of rotatable bonds is 7. The molecule has 0 aliphatic heterocycles. The first-order chi connectivity index (χ1) is 17.1. The second kappa shape index (κ2) is 11.3. The number of halogens is 2. The van der Waals surface area contributed by atoms with E-state index < -0.39 is 7.40 Å². The molecule has 0 atom stereocenters. The van der Waals surface area contributed by atoms with E-state index in [9.17, 15) is 8.63 Å². The number of ether oxygens (including phenoxy) is 1. The quantitative estimate of drug-likeness (QED) is 0.191. The van der Waals surface area contributed by atoms with E-state index in [1.54, 1.807) is 43.5 Å². The van der Waals surface area contributed by atoms with E-state index in [1.807, 2.05) is 55.5 Å². The first-order valence-electron chi connectivity index (χ1n) is 11.3. The number of benzene rings is 3. The van der Waals surface area contributed by atoms with Gasteiger partial charge in [0.05, 0.1) is 18.5 Å². The minimum atomic E-state index is -2.83. The fourth-order valence-electron chi connectivity index (χ4n) is 3.66. The van der Waals surface area contributed by atoms with Gasteiger partial charge in [-0.25, -0.2) is 4.98 Å². The van der Waals surface area contributed by atoms with Crippen molar-refractivity contribution in [1.29, 1.82) is 0 Å². The smallest absolute Gasteiger partial charge is 0.497 e. The number of hydrogen-bond acceptors (Lipinski definition) is 3. The maximum atomic E-state index is 14.6. The Kier molecular flexibility index (Phi) is 7.74. The average Bonchev–Trinajstić information content (AvgIpc) is 3.29. The molecule has 0 aliphatic carbocycles. The molecule has 0 aliphatic rings. The number of nitrogens with zero attached hydrogens (tertiary/aromatic N) is 3. The van der Waals surface area contributed by atoms with Gasteiger partial charge in [-0.2, -0.15) is 0 Å². The van der Waals surface area contributed by atoms with E-state index in [2.05, 4.69) is 16.8 Å². The summed E-state index contributed by atoms with van der Waals surface area (Å²) in [6.07, 6.45) is 0.775. The molecule has 0 saturated heterocycles. The van der Waals surface area contributed by atoms with Gasteiger partial charge in [-0.15, -0.1) is 0 Å². The van der Waals surface area contributed by atoms with E-state index >= 15 is 0 Å². The Morgan fingerprint density at radius 3 is 2.20 bits per heavy atom. The minimum absolute atomic E-state index is 0.148. The van der Waals surface area contributed by atoms with Crippen LogP contribution in [0.2, 0.25) is 0 Å². The van der Waals surface area contributed by atoms with Gasteiger partial charge in [0.15, 0.2) is 0 Å². The topological polar surface area (TPSA) is 39.4 Å². The zero-order chi connectivity index (χ0) is 24.6. The predicted octanol–water partition coefficient (Wildman–Crippen LogP) is 5.98. The molecule has 4 aromatic rings. The Morgan fingerprint density at radius 1 is 0.943 bits per heavy atom. The fourth-order valence-corrected chi connectivity index (χ4v) is 3.66. The Labute approximate surface area is 204 Å². The van der Waals surface area contributed by atoms with Gasteiger partial charge in [0.2, 0.25) is 0 Å². The molecule has 0 unspecified atom stereocenters. The highest BCUT2D eigenvalue weighted by Crippen LogP contribution is 2.26. The predicted molar refractivity (Wildman–Crippen MR) is 137 cm³/mol. The average molecular weight is 467 g/mol. The molecule has 35 heavy (non-hydrogen) atoms. The van der Waals surface area contributed by atoms with Crippen molar-refractivity contribution < 1.29 is 13.4 Å². The van der Waals surface area contributed by atoms with Gasteiger partial charge < -0.3 is 9.21 Å². The highest BCUT2D eigenvalue weighted by Gasteiger charge is 2.31. The second-order valence-electron chi connectivity index (χ2n) is 7.72. The van der Waals surface area contributed by atoms with Crippen molar-refractivity contribution in [1.82, 2.24) is 9.46 Å². The summed E-state index contributed by atoms with van der Waals surface area (Å²) in [7, 11) is -1.24. The minimum Gasteiger partial charge on any atom is -0.497 e. The molecule has 174 valence electrons. The summed E-state index contributed by atoms with van der Waals surface area (Å²) in [5.74, 6) is 6.97. The molecule has 7 heteroatoms. The zero-order valence-electron chi connectivity index (χ0n) is 19.6. The molecule has 1 aromatic heterocycles. The van der Waals surface area contributed by atoms with Gasteiger partial charge in [-0.1, -0.05) is 73.5 Å². The van der Waals surface area contributed by atoms with Gasteiger partial charge in [0, 0.05) is 23.2 Å². The molecule has 3 aromatic carbocycles. The Hall–Kier alpha value is -4.18. The third kappa shape index (κ3) is 5.49. The monoisotopic (exact) mass is 467 g/mol. The van der Waals surface area contributed by atoms with Gasteiger partial charge in [-0.05, 0) is 36.6 Å². The first-order valence-corrected chi connectivity index (χ1v) is 11.3. The molecule has 0 spiro atoms. The molecule has 0 radical (unpaired) electrons. The van der Waals surface area contributed by atoms with Crippen LogP contribution in [0, 0.1) is 11.8 Å². The van der Waals surface area contributed by atoms with Crippen LogP contribution in [0.5, 0.6) is 5.75 Å². The Bertz CT molecular complexity index is 1360. The number of imidazole rings is 1. The summed E-state index contributed by atoms with van der Waals surface area (Å²) in [6, 6.07) is 25.5. The van der Waals surface area contributed by atoms with E-state index in [0.29, 0.717) is 23.6 Å². The summed E-state index contributed by atoms with van der Waals surface area (Å²) in [6.45, 7) is 2.49. The van der Waals surface area contributed by atoms with E-state index in [-0.39, 0.29) is 17.2 Å². The lowest BCUT2D eigenvalue weighted by Crippen LogP contribution is -2.22. The highest BCUT2D eigenvalue weighted by molar-refractivity contribution is 6.43. The molecule has 0 bridgehead atoms. The Balaban J connectivity index is 1.96. The third-order valence-electron chi connectivity index (χ3n) is 5.32. The normalized spacial score (nSPS) is 11.0. The fraction of sp³-hybridized carbons (Fsp3) is 0.143. The summed E-state index contributed by atoms with van der Waals surface area (Å²) < 4.78 is 35.4. The van der Waals surface area contributed by atoms with Crippen LogP contribution in [0.15, 0.2) is 89.9 Å². The van der Waals surface area contributed by atoms with Crippen molar-refractivity contribution in [3.63, 3.8) is 0 Å². The number of aromatic nitrogens is 2. The summed E-state index contributed by atoms with van der Waals surface area (Å²) in [4.78, 5) is 9.32.